The third-order valence-corrected chi connectivity index (χ3v) is 3.92. The van der Waals surface area contributed by atoms with Crippen molar-refractivity contribution in [2.45, 2.75) is 6.92 Å². The largest absolute Gasteiger partial charge is 0.411 e. The van der Waals surface area contributed by atoms with E-state index in [1.54, 1.807) is 0 Å². The summed E-state index contributed by atoms with van der Waals surface area (Å²) in [7, 11) is -3.33. The highest BCUT2D eigenvalue weighted by atomic mass is 32.2. The van der Waals surface area contributed by atoms with Crippen molar-refractivity contribution in [3.05, 3.63) is 39.9 Å². The molecule has 0 atom stereocenters. The monoisotopic (exact) mass is 272 g/mol. The molecule has 8 heteroatoms. The quantitative estimate of drug-likeness (QED) is 0.375. The second kappa shape index (κ2) is 5.58. The third-order valence-electron chi connectivity index (χ3n) is 2.33. The summed E-state index contributed by atoms with van der Waals surface area (Å²) < 4.78 is 22.8. The van der Waals surface area contributed by atoms with E-state index >= 15 is 0 Å². The van der Waals surface area contributed by atoms with Crippen LogP contribution in [0.25, 0.3) is 0 Å². The summed E-state index contributed by atoms with van der Waals surface area (Å²) in [5.74, 6) is -0.475. The number of rotatable bonds is 5. The summed E-state index contributed by atoms with van der Waals surface area (Å²) in [6.07, 6.45) is 0. The standard InChI is InChI=1S/C10H12N2O5S/c1-2-18(16,17)7-10(11-13)8-3-5-9(6-4-8)12(14)15/h3-6,13H,2,7H2,1H3/b11-10+. The smallest absolute Gasteiger partial charge is 0.269 e. The number of hydrogen-bond donors (Lipinski definition) is 1. The van der Waals surface area contributed by atoms with Crippen LogP contribution in [-0.4, -0.2) is 35.8 Å². The average Bonchev–Trinajstić information content (AvgIpc) is 2.36. The molecule has 0 aliphatic rings. The van der Waals surface area contributed by atoms with Gasteiger partial charge in [0.1, 0.15) is 5.71 Å². The van der Waals surface area contributed by atoms with Gasteiger partial charge in [0.15, 0.2) is 9.84 Å². The molecule has 18 heavy (non-hydrogen) atoms. The molecule has 98 valence electrons. The van der Waals surface area contributed by atoms with Crippen LogP contribution in [0.15, 0.2) is 29.4 Å². The van der Waals surface area contributed by atoms with E-state index in [2.05, 4.69) is 5.16 Å². The molecule has 7 nitrogen and oxygen atoms in total. The number of benzene rings is 1. The number of sulfone groups is 1. The molecule has 1 aromatic carbocycles. The molecule has 0 saturated heterocycles. The van der Waals surface area contributed by atoms with Crippen LogP contribution in [0.3, 0.4) is 0 Å². The molecule has 1 aromatic rings. The number of nitro benzene ring substituents is 1. The first-order valence-electron chi connectivity index (χ1n) is 5.06. The Morgan fingerprint density at radius 1 is 1.39 bits per heavy atom. The van der Waals surface area contributed by atoms with Crippen molar-refractivity contribution in [1.82, 2.24) is 0 Å². The van der Waals surface area contributed by atoms with E-state index in [9.17, 15) is 18.5 Å². The number of non-ortho nitro benzene ring substituents is 1. The minimum Gasteiger partial charge on any atom is -0.411 e. The van der Waals surface area contributed by atoms with Crippen molar-refractivity contribution in [2.75, 3.05) is 11.5 Å². The van der Waals surface area contributed by atoms with Gasteiger partial charge >= 0.3 is 0 Å². The van der Waals surface area contributed by atoms with Gasteiger partial charge in [0, 0.05) is 23.4 Å². The van der Waals surface area contributed by atoms with Gasteiger partial charge in [-0.25, -0.2) is 8.42 Å². The summed E-state index contributed by atoms with van der Waals surface area (Å²) >= 11 is 0. The molecule has 0 unspecified atom stereocenters. The first-order valence-corrected chi connectivity index (χ1v) is 6.88. The average molecular weight is 272 g/mol. The Morgan fingerprint density at radius 2 is 1.94 bits per heavy atom. The maximum Gasteiger partial charge on any atom is 0.269 e. The van der Waals surface area contributed by atoms with E-state index in [4.69, 9.17) is 5.21 Å². The zero-order chi connectivity index (χ0) is 13.8. The second-order valence-electron chi connectivity index (χ2n) is 3.53. The summed E-state index contributed by atoms with van der Waals surface area (Å²) in [5, 5.41) is 22.2. The van der Waals surface area contributed by atoms with Gasteiger partial charge in [-0.05, 0) is 12.1 Å². The molecule has 0 saturated carbocycles. The molecule has 0 radical (unpaired) electrons. The number of oxime groups is 1. The molecule has 0 fully saturated rings. The number of hydrogen-bond acceptors (Lipinski definition) is 6. The van der Waals surface area contributed by atoms with E-state index in [0.717, 1.165) is 0 Å². The Labute approximate surface area is 104 Å². The van der Waals surface area contributed by atoms with E-state index in [0.29, 0.717) is 5.56 Å². The molecule has 0 spiro atoms. The second-order valence-corrected chi connectivity index (χ2v) is 5.88. The van der Waals surface area contributed by atoms with E-state index < -0.39 is 20.5 Å². The lowest BCUT2D eigenvalue weighted by Crippen LogP contribution is -2.18. The fourth-order valence-electron chi connectivity index (χ4n) is 1.26. The van der Waals surface area contributed by atoms with Gasteiger partial charge < -0.3 is 5.21 Å². The molecule has 0 heterocycles. The van der Waals surface area contributed by atoms with Crippen LogP contribution in [0.2, 0.25) is 0 Å². The Kier molecular flexibility index (Phi) is 4.38. The number of nitrogens with zero attached hydrogens (tertiary/aromatic N) is 2. The van der Waals surface area contributed by atoms with E-state index in [-0.39, 0.29) is 17.2 Å². The lowest BCUT2D eigenvalue weighted by atomic mass is 10.1. The molecule has 0 aromatic heterocycles. The van der Waals surface area contributed by atoms with Crippen molar-refractivity contribution in [3.8, 4) is 0 Å². The molecule has 0 aliphatic carbocycles. The number of nitro groups is 1. The zero-order valence-corrected chi connectivity index (χ0v) is 10.4. The maximum absolute atomic E-state index is 11.4. The van der Waals surface area contributed by atoms with Crippen molar-refractivity contribution in [3.63, 3.8) is 0 Å². The highest BCUT2D eigenvalue weighted by molar-refractivity contribution is 7.92. The summed E-state index contributed by atoms with van der Waals surface area (Å²) in [5.41, 5.74) is 0.182. The Balaban J connectivity index is 3.01. The molecular weight excluding hydrogens is 260 g/mol. The van der Waals surface area contributed by atoms with Gasteiger partial charge in [-0.3, -0.25) is 10.1 Å². The van der Waals surface area contributed by atoms with Crippen molar-refractivity contribution in [2.24, 2.45) is 5.16 Å². The fraction of sp³-hybridized carbons (Fsp3) is 0.300. The first kappa shape index (κ1) is 14.1. The lowest BCUT2D eigenvalue weighted by Gasteiger charge is -2.04. The van der Waals surface area contributed by atoms with Crippen molar-refractivity contribution < 1.29 is 18.5 Å². The minimum absolute atomic E-state index is 0.0354. The Bertz CT molecular complexity index is 562. The normalized spacial score (nSPS) is 12.4. The van der Waals surface area contributed by atoms with Crippen LogP contribution in [0, 0.1) is 10.1 Å². The Morgan fingerprint density at radius 3 is 2.33 bits per heavy atom. The van der Waals surface area contributed by atoms with E-state index in [1.165, 1.54) is 31.2 Å². The van der Waals surface area contributed by atoms with Gasteiger partial charge in [-0.15, -0.1) is 0 Å². The van der Waals surface area contributed by atoms with Gasteiger partial charge in [-0.1, -0.05) is 12.1 Å². The van der Waals surface area contributed by atoms with Crippen LogP contribution < -0.4 is 0 Å². The van der Waals surface area contributed by atoms with Crippen LogP contribution in [-0.2, 0) is 9.84 Å². The molecule has 0 bridgehead atoms. The van der Waals surface area contributed by atoms with Gasteiger partial charge in [0.05, 0.1) is 10.7 Å². The van der Waals surface area contributed by atoms with Crippen LogP contribution in [0.5, 0.6) is 0 Å². The Hall–Kier alpha value is -1.96. The first-order chi connectivity index (χ1) is 8.39. The molecule has 1 rings (SSSR count). The topological polar surface area (TPSA) is 110 Å². The summed E-state index contributed by atoms with van der Waals surface area (Å²) in [4.78, 5) is 9.89. The van der Waals surface area contributed by atoms with E-state index in [1.807, 2.05) is 0 Å². The molecule has 0 amide bonds. The minimum atomic E-state index is -3.33. The van der Waals surface area contributed by atoms with Crippen molar-refractivity contribution >= 4 is 21.2 Å². The van der Waals surface area contributed by atoms with Crippen molar-refractivity contribution in [1.29, 1.82) is 0 Å². The third kappa shape index (κ3) is 3.52. The van der Waals surface area contributed by atoms with Gasteiger partial charge in [-0.2, -0.15) is 0 Å². The van der Waals surface area contributed by atoms with Gasteiger partial charge in [0.25, 0.3) is 5.69 Å². The van der Waals surface area contributed by atoms with Crippen LogP contribution >= 0.6 is 0 Å². The SMILES string of the molecule is CCS(=O)(=O)C/C(=N\O)c1ccc([N+](=O)[O-])cc1. The highest BCUT2D eigenvalue weighted by Gasteiger charge is 2.16. The summed E-state index contributed by atoms with van der Waals surface area (Å²) in [6.45, 7) is 1.49. The predicted octanol–water partition coefficient (Wildman–Crippen LogP) is 1.21. The van der Waals surface area contributed by atoms with Crippen LogP contribution in [0.1, 0.15) is 12.5 Å². The highest BCUT2D eigenvalue weighted by Crippen LogP contribution is 2.13. The molecule has 1 N–H and O–H groups in total. The molecule has 0 aliphatic heterocycles. The molecular formula is C10H12N2O5S. The summed E-state index contributed by atoms with van der Waals surface area (Å²) in [6, 6.07) is 5.13. The fourth-order valence-corrected chi connectivity index (χ4v) is 2.10. The predicted molar refractivity (Wildman–Crippen MR) is 65.7 cm³/mol. The van der Waals surface area contributed by atoms with Crippen LogP contribution in [0.4, 0.5) is 5.69 Å². The van der Waals surface area contributed by atoms with Gasteiger partial charge in [0.2, 0.25) is 0 Å². The zero-order valence-electron chi connectivity index (χ0n) is 9.61. The maximum atomic E-state index is 11.4. The lowest BCUT2D eigenvalue weighted by molar-refractivity contribution is -0.384.